The van der Waals surface area contributed by atoms with E-state index < -0.39 is 12.7 Å². The molecule has 1 fully saturated rings. The van der Waals surface area contributed by atoms with Crippen LogP contribution < -0.4 is 10.6 Å². The van der Waals surface area contributed by atoms with Crippen LogP contribution in [0.2, 0.25) is 0 Å². The van der Waals surface area contributed by atoms with Crippen molar-refractivity contribution in [2.24, 2.45) is 10.9 Å². The smallest absolute Gasteiger partial charge is 0.357 e. The van der Waals surface area contributed by atoms with Crippen molar-refractivity contribution in [1.82, 2.24) is 25.7 Å². The molecule has 2 heterocycles. The van der Waals surface area contributed by atoms with Gasteiger partial charge in [-0.2, -0.15) is 18.2 Å². The van der Waals surface area contributed by atoms with Crippen molar-refractivity contribution in [1.29, 1.82) is 0 Å². The SMILES string of the molecule is CCNC(=NCc1noc(C)n1)NCCC1CCN(CC(F)(F)F)CC1. The number of alkyl halides is 3. The molecule has 1 aromatic heterocycles. The molecule has 1 aliphatic rings. The number of aryl methyl sites for hydroxylation is 1. The third-order valence-corrected chi connectivity index (χ3v) is 4.25. The first-order chi connectivity index (χ1) is 12.4. The van der Waals surface area contributed by atoms with Crippen LogP contribution in [0.3, 0.4) is 0 Å². The molecule has 0 spiro atoms. The van der Waals surface area contributed by atoms with Gasteiger partial charge in [0.15, 0.2) is 11.8 Å². The van der Waals surface area contributed by atoms with Gasteiger partial charge in [-0.1, -0.05) is 5.16 Å². The lowest BCUT2D eigenvalue weighted by atomic mass is 9.93. The van der Waals surface area contributed by atoms with E-state index in [1.165, 1.54) is 4.90 Å². The highest BCUT2D eigenvalue weighted by atomic mass is 19.4. The predicted molar refractivity (Wildman–Crippen MR) is 91.7 cm³/mol. The first kappa shape index (κ1) is 20.5. The minimum Gasteiger partial charge on any atom is -0.357 e. The van der Waals surface area contributed by atoms with E-state index in [1.807, 2.05) is 6.92 Å². The zero-order valence-corrected chi connectivity index (χ0v) is 15.3. The van der Waals surface area contributed by atoms with Crippen LogP contribution in [-0.2, 0) is 6.54 Å². The van der Waals surface area contributed by atoms with Crippen molar-refractivity contribution in [2.75, 3.05) is 32.7 Å². The molecule has 0 bridgehead atoms. The molecule has 2 rings (SSSR count). The van der Waals surface area contributed by atoms with Crippen molar-refractivity contribution in [2.45, 2.75) is 45.8 Å². The summed E-state index contributed by atoms with van der Waals surface area (Å²) >= 11 is 0. The zero-order valence-electron chi connectivity index (χ0n) is 15.3. The number of hydrogen-bond donors (Lipinski definition) is 2. The van der Waals surface area contributed by atoms with E-state index in [4.69, 9.17) is 4.52 Å². The third-order valence-electron chi connectivity index (χ3n) is 4.25. The summed E-state index contributed by atoms with van der Waals surface area (Å²) in [5.74, 6) is 2.14. The second kappa shape index (κ2) is 9.75. The standard InChI is InChI=1S/C16H27F3N6O/c1-3-20-15(22-10-14-23-12(2)26-24-14)21-7-4-13-5-8-25(9-6-13)11-16(17,18)19/h13H,3-11H2,1-2H3,(H2,20,21,22). The van der Waals surface area contributed by atoms with E-state index in [0.29, 0.717) is 43.2 Å². The van der Waals surface area contributed by atoms with E-state index >= 15 is 0 Å². The Balaban J connectivity index is 1.69. The number of piperidine rings is 1. The van der Waals surface area contributed by atoms with Crippen molar-refractivity contribution < 1.29 is 17.7 Å². The van der Waals surface area contributed by atoms with Crippen LogP contribution >= 0.6 is 0 Å². The Hall–Kier alpha value is -1.84. The van der Waals surface area contributed by atoms with E-state index in [2.05, 4.69) is 25.8 Å². The number of aliphatic imine (C=N–C) groups is 1. The second-order valence-electron chi connectivity index (χ2n) is 6.47. The molecule has 10 heteroatoms. The van der Waals surface area contributed by atoms with E-state index in [1.54, 1.807) is 6.92 Å². The number of likely N-dealkylation sites (tertiary alicyclic amines) is 1. The van der Waals surface area contributed by atoms with Crippen molar-refractivity contribution in [3.05, 3.63) is 11.7 Å². The average Bonchev–Trinajstić information content (AvgIpc) is 2.98. The largest absolute Gasteiger partial charge is 0.401 e. The molecule has 0 amide bonds. The first-order valence-electron chi connectivity index (χ1n) is 8.96. The molecule has 1 aromatic rings. The summed E-state index contributed by atoms with van der Waals surface area (Å²) in [5, 5.41) is 10.2. The van der Waals surface area contributed by atoms with Gasteiger partial charge in [-0.05, 0) is 45.2 Å². The van der Waals surface area contributed by atoms with Gasteiger partial charge in [0.25, 0.3) is 0 Å². The minimum atomic E-state index is -4.11. The van der Waals surface area contributed by atoms with E-state index in [-0.39, 0.29) is 0 Å². The van der Waals surface area contributed by atoms with Crippen LogP contribution in [0, 0.1) is 12.8 Å². The average molecular weight is 376 g/mol. The van der Waals surface area contributed by atoms with Crippen molar-refractivity contribution >= 4 is 5.96 Å². The lowest BCUT2D eigenvalue weighted by Crippen LogP contribution is -2.41. The topological polar surface area (TPSA) is 78.6 Å². The zero-order chi connectivity index (χ0) is 19.0. The van der Waals surface area contributed by atoms with Gasteiger partial charge >= 0.3 is 6.18 Å². The van der Waals surface area contributed by atoms with Crippen LogP contribution in [0.4, 0.5) is 13.2 Å². The fourth-order valence-corrected chi connectivity index (χ4v) is 2.98. The quantitative estimate of drug-likeness (QED) is 0.561. The Labute approximate surface area is 151 Å². The molecule has 2 N–H and O–H groups in total. The Morgan fingerprint density at radius 2 is 2.04 bits per heavy atom. The van der Waals surface area contributed by atoms with Gasteiger partial charge in [0, 0.05) is 20.0 Å². The molecule has 0 radical (unpaired) electrons. The highest BCUT2D eigenvalue weighted by Gasteiger charge is 2.32. The maximum Gasteiger partial charge on any atom is 0.401 e. The maximum atomic E-state index is 12.4. The molecule has 0 aromatic carbocycles. The lowest BCUT2D eigenvalue weighted by Gasteiger charge is -2.32. The Kier molecular flexibility index (Phi) is 7.67. The molecule has 26 heavy (non-hydrogen) atoms. The lowest BCUT2D eigenvalue weighted by molar-refractivity contribution is -0.148. The second-order valence-corrected chi connectivity index (χ2v) is 6.47. The molecule has 0 unspecified atom stereocenters. The van der Waals surface area contributed by atoms with Crippen LogP contribution in [-0.4, -0.2) is 59.9 Å². The van der Waals surface area contributed by atoms with Gasteiger partial charge in [-0.15, -0.1) is 0 Å². The molecule has 0 aliphatic carbocycles. The molecular weight excluding hydrogens is 349 g/mol. The number of aromatic nitrogens is 2. The van der Waals surface area contributed by atoms with Gasteiger partial charge in [-0.25, -0.2) is 4.99 Å². The van der Waals surface area contributed by atoms with Crippen LogP contribution in [0.5, 0.6) is 0 Å². The first-order valence-corrected chi connectivity index (χ1v) is 8.96. The molecular formula is C16H27F3N6O. The fourth-order valence-electron chi connectivity index (χ4n) is 2.98. The summed E-state index contributed by atoms with van der Waals surface area (Å²) in [5.41, 5.74) is 0. The van der Waals surface area contributed by atoms with E-state index in [0.717, 1.165) is 32.4 Å². The van der Waals surface area contributed by atoms with Gasteiger partial charge in [0.05, 0.1) is 6.54 Å². The summed E-state index contributed by atoms with van der Waals surface area (Å²) in [6, 6.07) is 0. The fraction of sp³-hybridized carbons (Fsp3) is 0.812. The molecule has 0 saturated carbocycles. The van der Waals surface area contributed by atoms with Gasteiger partial charge in [0.1, 0.15) is 6.54 Å². The number of nitrogens with zero attached hydrogens (tertiary/aromatic N) is 4. The van der Waals surface area contributed by atoms with Gasteiger partial charge in [-0.3, -0.25) is 4.90 Å². The minimum absolute atomic E-state index is 0.322. The highest BCUT2D eigenvalue weighted by molar-refractivity contribution is 5.79. The van der Waals surface area contributed by atoms with Crippen molar-refractivity contribution in [3.63, 3.8) is 0 Å². The Morgan fingerprint density at radius 3 is 2.62 bits per heavy atom. The summed E-state index contributed by atoms with van der Waals surface area (Å²) in [7, 11) is 0. The van der Waals surface area contributed by atoms with Crippen LogP contribution in [0.1, 0.15) is 37.9 Å². The van der Waals surface area contributed by atoms with Gasteiger partial charge < -0.3 is 15.2 Å². The predicted octanol–water partition coefficient (Wildman–Crippen LogP) is 2.10. The number of nitrogens with one attached hydrogen (secondary N) is 2. The summed E-state index contributed by atoms with van der Waals surface area (Å²) < 4.78 is 42.1. The molecule has 1 aliphatic heterocycles. The molecule has 7 nitrogen and oxygen atoms in total. The summed E-state index contributed by atoms with van der Waals surface area (Å²) in [4.78, 5) is 10.0. The highest BCUT2D eigenvalue weighted by Crippen LogP contribution is 2.23. The number of guanidine groups is 1. The summed E-state index contributed by atoms with van der Waals surface area (Å²) in [6.07, 6.45) is -1.60. The molecule has 148 valence electrons. The number of rotatable bonds is 7. The van der Waals surface area contributed by atoms with Crippen LogP contribution in [0.25, 0.3) is 0 Å². The normalized spacial score (nSPS) is 17.5. The van der Waals surface area contributed by atoms with Crippen molar-refractivity contribution in [3.8, 4) is 0 Å². The molecule has 1 saturated heterocycles. The number of hydrogen-bond acceptors (Lipinski definition) is 5. The summed E-state index contributed by atoms with van der Waals surface area (Å²) in [6.45, 7) is 5.70. The number of halogens is 3. The van der Waals surface area contributed by atoms with Gasteiger partial charge in [0.2, 0.25) is 5.89 Å². The van der Waals surface area contributed by atoms with Crippen LogP contribution in [0.15, 0.2) is 9.52 Å². The Bertz CT molecular complexity index is 567. The maximum absolute atomic E-state index is 12.4. The monoisotopic (exact) mass is 376 g/mol. The Morgan fingerprint density at radius 1 is 1.31 bits per heavy atom. The molecule has 0 atom stereocenters. The third kappa shape index (κ3) is 7.59. The van der Waals surface area contributed by atoms with E-state index in [9.17, 15) is 13.2 Å².